The summed E-state index contributed by atoms with van der Waals surface area (Å²) in [6.45, 7) is 1.13. The van der Waals surface area contributed by atoms with Crippen molar-refractivity contribution >= 4 is 0 Å². The zero-order valence-corrected chi connectivity index (χ0v) is 9.39. The number of nitrogens with zero attached hydrogens (tertiary/aromatic N) is 1. The van der Waals surface area contributed by atoms with E-state index >= 15 is 0 Å². The molecule has 0 aliphatic heterocycles. The van der Waals surface area contributed by atoms with Crippen LogP contribution in [-0.2, 0) is 20.2 Å². The number of hydrogen-bond donors (Lipinski definition) is 1. The van der Waals surface area contributed by atoms with E-state index in [0.717, 1.165) is 17.1 Å². The molecule has 1 heterocycles. The lowest BCUT2D eigenvalue weighted by molar-refractivity contribution is 0.296. The maximum Gasteiger partial charge on any atom is 0.128 e. The third-order valence-corrected chi connectivity index (χ3v) is 2.67. The van der Waals surface area contributed by atoms with Gasteiger partial charge in [-0.05, 0) is 24.3 Å². The van der Waals surface area contributed by atoms with Gasteiger partial charge in [-0.1, -0.05) is 18.2 Å². The number of nitrogens with two attached hydrogens (primary N) is 1. The lowest BCUT2D eigenvalue weighted by atomic mass is 10.3. The Morgan fingerprint density at radius 1 is 1.06 bits per heavy atom. The first kappa shape index (κ1) is 10.8. The Morgan fingerprint density at radius 3 is 2.38 bits per heavy atom. The van der Waals surface area contributed by atoms with E-state index in [2.05, 4.69) is 4.57 Å². The number of rotatable bonds is 4. The van der Waals surface area contributed by atoms with Crippen LogP contribution in [0.25, 0.3) is 0 Å². The van der Waals surface area contributed by atoms with Crippen LogP contribution in [0.5, 0.6) is 5.75 Å². The highest BCUT2D eigenvalue weighted by Gasteiger charge is 2.03. The van der Waals surface area contributed by atoms with Gasteiger partial charge in [0.25, 0.3) is 0 Å². The second-order valence-electron chi connectivity index (χ2n) is 3.68. The summed E-state index contributed by atoms with van der Waals surface area (Å²) in [7, 11) is 2.01. The monoisotopic (exact) mass is 216 g/mol. The van der Waals surface area contributed by atoms with Crippen LogP contribution in [0.4, 0.5) is 0 Å². The van der Waals surface area contributed by atoms with Gasteiger partial charge < -0.3 is 15.0 Å². The van der Waals surface area contributed by atoms with Gasteiger partial charge in [-0.3, -0.25) is 0 Å². The van der Waals surface area contributed by atoms with Gasteiger partial charge in [0.05, 0.1) is 5.69 Å². The maximum atomic E-state index is 5.67. The summed E-state index contributed by atoms with van der Waals surface area (Å²) >= 11 is 0. The van der Waals surface area contributed by atoms with Crippen molar-refractivity contribution in [2.45, 2.75) is 13.2 Å². The molecule has 3 nitrogen and oxygen atoms in total. The van der Waals surface area contributed by atoms with Gasteiger partial charge >= 0.3 is 0 Å². The van der Waals surface area contributed by atoms with E-state index in [4.69, 9.17) is 10.5 Å². The summed E-state index contributed by atoms with van der Waals surface area (Å²) in [5.74, 6) is 0.887. The van der Waals surface area contributed by atoms with Gasteiger partial charge in [0, 0.05) is 19.3 Å². The number of hydrogen-bond acceptors (Lipinski definition) is 2. The van der Waals surface area contributed by atoms with E-state index in [1.807, 2.05) is 49.5 Å². The molecule has 2 aromatic rings. The summed E-state index contributed by atoms with van der Waals surface area (Å²) in [6, 6.07) is 13.9. The molecule has 0 radical (unpaired) electrons. The first-order valence-corrected chi connectivity index (χ1v) is 5.32. The SMILES string of the molecule is Cn1c(CN)ccc1COc1ccccc1. The first-order valence-electron chi connectivity index (χ1n) is 5.32. The quantitative estimate of drug-likeness (QED) is 0.849. The molecule has 2 rings (SSSR count). The van der Waals surface area contributed by atoms with Crippen molar-refractivity contribution in [3.63, 3.8) is 0 Å². The lowest BCUT2D eigenvalue weighted by Gasteiger charge is -2.08. The molecule has 0 bridgehead atoms. The van der Waals surface area contributed by atoms with Crippen LogP contribution in [0.3, 0.4) is 0 Å². The van der Waals surface area contributed by atoms with Crippen LogP contribution >= 0.6 is 0 Å². The molecule has 1 aromatic carbocycles. The van der Waals surface area contributed by atoms with Gasteiger partial charge in [0.2, 0.25) is 0 Å². The number of benzene rings is 1. The third-order valence-electron chi connectivity index (χ3n) is 2.67. The van der Waals surface area contributed by atoms with Crippen LogP contribution in [0.1, 0.15) is 11.4 Å². The number of aromatic nitrogens is 1. The topological polar surface area (TPSA) is 40.2 Å². The first-order chi connectivity index (χ1) is 7.81. The smallest absolute Gasteiger partial charge is 0.128 e. The van der Waals surface area contributed by atoms with E-state index in [1.54, 1.807) is 0 Å². The van der Waals surface area contributed by atoms with Crippen LogP contribution in [-0.4, -0.2) is 4.57 Å². The van der Waals surface area contributed by atoms with E-state index in [-0.39, 0.29) is 0 Å². The molecule has 3 heteroatoms. The minimum absolute atomic E-state index is 0.557. The normalized spacial score (nSPS) is 10.4. The molecule has 0 fully saturated rings. The van der Waals surface area contributed by atoms with E-state index in [0.29, 0.717) is 13.2 Å². The summed E-state index contributed by atoms with van der Waals surface area (Å²) in [6.07, 6.45) is 0. The molecular formula is C13H16N2O. The lowest BCUT2D eigenvalue weighted by Crippen LogP contribution is -2.07. The fourth-order valence-electron chi connectivity index (χ4n) is 1.62. The van der Waals surface area contributed by atoms with Gasteiger partial charge in [0.1, 0.15) is 12.4 Å². The summed E-state index contributed by atoms with van der Waals surface area (Å²) in [4.78, 5) is 0. The number of ether oxygens (including phenoxy) is 1. The van der Waals surface area contributed by atoms with E-state index in [1.165, 1.54) is 0 Å². The largest absolute Gasteiger partial charge is 0.487 e. The molecule has 0 unspecified atom stereocenters. The molecule has 0 atom stereocenters. The predicted molar refractivity (Wildman–Crippen MR) is 64.1 cm³/mol. The molecule has 0 aliphatic carbocycles. The molecule has 2 N–H and O–H groups in total. The molecule has 0 spiro atoms. The van der Waals surface area contributed by atoms with Crippen molar-refractivity contribution in [1.82, 2.24) is 4.57 Å². The highest BCUT2D eigenvalue weighted by atomic mass is 16.5. The molecule has 0 saturated carbocycles. The molecule has 0 amide bonds. The van der Waals surface area contributed by atoms with E-state index in [9.17, 15) is 0 Å². The molecule has 84 valence electrons. The predicted octanol–water partition coefficient (Wildman–Crippen LogP) is 2.06. The fraction of sp³-hybridized carbons (Fsp3) is 0.231. The second kappa shape index (κ2) is 4.86. The highest BCUT2D eigenvalue weighted by Crippen LogP contribution is 2.13. The molecule has 1 aromatic heterocycles. The molecule has 0 aliphatic rings. The van der Waals surface area contributed by atoms with Crippen molar-refractivity contribution in [1.29, 1.82) is 0 Å². The molecular weight excluding hydrogens is 200 g/mol. The summed E-state index contributed by atoms with van der Waals surface area (Å²) in [5.41, 5.74) is 7.86. The second-order valence-corrected chi connectivity index (χ2v) is 3.68. The highest BCUT2D eigenvalue weighted by molar-refractivity contribution is 5.22. The Labute approximate surface area is 95.5 Å². The standard InChI is InChI=1S/C13H16N2O/c1-15-11(9-14)7-8-12(15)10-16-13-5-3-2-4-6-13/h2-8H,9-10,14H2,1H3. The van der Waals surface area contributed by atoms with E-state index < -0.39 is 0 Å². The van der Waals surface area contributed by atoms with Crippen LogP contribution in [0.2, 0.25) is 0 Å². The Bertz CT molecular complexity index is 448. The zero-order chi connectivity index (χ0) is 11.4. The Hall–Kier alpha value is -1.74. The Balaban J connectivity index is 2.02. The molecule has 0 saturated heterocycles. The Kier molecular flexibility index (Phi) is 3.27. The van der Waals surface area contributed by atoms with Crippen molar-refractivity contribution in [3.05, 3.63) is 53.9 Å². The minimum atomic E-state index is 0.557. The van der Waals surface area contributed by atoms with Gasteiger partial charge in [-0.25, -0.2) is 0 Å². The van der Waals surface area contributed by atoms with Crippen molar-refractivity contribution < 1.29 is 4.74 Å². The zero-order valence-electron chi connectivity index (χ0n) is 9.39. The third kappa shape index (κ3) is 2.25. The average Bonchev–Trinajstić information content (AvgIpc) is 2.69. The average molecular weight is 216 g/mol. The number of para-hydroxylation sites is 1. The van der Waals surface area contributed by atoms with Gasteiger partial charge in [0.15, 0.2) is 0 Å². The van der Waals surface area contributed by atoms with Gasteiger partial charge in [-0.15, -0.1) is 0 Å². The minimum Gasteiger partial charge on any atom is -0.487 e. The maximum absolute atomic E-state index is 5.67. The van der Waals surface area contributed by atoms with Crippen molar-refractivity contribution in [2.75, 3.05) is 0 Å². The summed E-state index contributed by atoms with van der Waals surface area (Å²) < 4.78 is 7.74. The summed E-state index contributed by atoms with van der Waals surface area (Å²) in [5, 5.41) is 0. The van der Waals surface area contributed by atoms with Crippen LogP contribution < -0.4 is 10.5 Å². The van der Waals surface area contributed by atoms with Crippen LogP contribution in [0, 0.1) is 0 Å². The van der Waals surface area contributed by atoms with Crippen molar-refractivity contribution in [2.24, 2.45) is 12.8 Å². The van der Waals surface area contributed by atoms with Gasteiger partial charge in [-0.2, -0.15) is 0 Å². The van der Waals surface area contributed by atoms with Crippen molar-refractivity contribution in [3.8, 4) is 5.75 Å². The fourth-order valence-corrected chi connectivity index (χ4v) is 1.62. The molecule has 16 heavy (non-hydrogen) atoms. The Morgan fingerprint density at radius 2 is 1.75 bits per heavy atom. The van der Waals surface area contributed by atoms with Crippen LogP contribution in [0.15, 0.2) is 42.5 Å².